The van der Waals surface area contributed by atoms with Gasteiger partial charge in [0.1, 0.15) is 17.3 Å². The molecule has 0 aromatic heterocycles. The second-order valence-electron chi connectivity index (χ2n) is 8.65. The predicted octanol–water partition coefficient (Wildman–Crippen LogP) is 3.06. The molecule has 1 heterocycles. The number of ether oxygens (including phenoxy) is 2. The molecule has 1 unspecified atom stereocenters. The number of carbonyl (C=O) groups excluding carboxylic acids is 2. The molecule has 0 aromatic rings. The van der Waals surface area contributed by atoms with E-state index in [0.717, 1.165) is 12.2 Å². The second-order valence-corrected chi connectivity index (χ2v) is 8.65. The molecular weight excluding hydrogens is 318 g/mol. The summed E-state index contributed by atoms with van der Waals surface area (Å²) in [5, 5.41) is 0. The normalized spacial score (nSPS) is 25.5. The number of carbonyl (C=O) groups is 2. The number of esters is 1. The monoisotopic (exact) mass is 347 g/mol. The quantitative estimate of drug-likeness (QED) is 0.579. The summed E-state index contributed by atoms with van der Waals surface area (Å²) in [4.78, 5) is 26.2. The SMILES string of the molecule is COC(=O)C1(C(=O)N2CC(OC3=C(C(C)(C)C)C=CC(C)C3)C2)CC1. The van der Waals surface area contributed by atoms with Gasteiger partial charge in [0.2, 0.25) is 5.91 Å². The molecule has 0 N–H and O–H groups in total. The molecule has 0 spiro atoms. The molecule has 3 aliphatic rings. The molecule has 0 aromatic carbocycles. The Kier molecular flexibility index (Phi) is 4.46. The Labute approximate surface area is 150 Å². The van der Waals surface area contributed by atoms with Crippen LogP contribution >= 0.6 is 0 Å². The van der Waals surface area contributed by atoms with Gasteiger partial charge < -0.3 is 14.4 Å². The lowest BCUT2D eigenvalue weighted by atomic mass is 9.81. The van der Waals surface area contributed by atoms with Crippen LogP contribution in [0.4, 0.5) is 0 Å². The van der Waals surface area contributed by atoms with Crippen molar-refractivity contribution in [1.29, 1.82) is 0 Å². The topological polar surface area (TPSA) is 55.8 Å². The molecule has 0 radical (unpaired) electrons. The number of hydrogen-bond donors (Lipinski definition) is 0. The van der Waals surface area contributed by atoms with E-state index < -0.39 is 11.4 Å². The van der Waals surface area contributed by atoms with E-state index in [2.05, 4.69) is 39.8 Å². The average Bonchev–Trinajstić information content (AvgIpc) is 3.29. The van der Waals surface area contributed by atoms with Gasteiger partial charge in [-0.1, -0.05) is 39.8 Å². The van der Waals surface area contributed by atoms with E-state index in [9.17, 15) is 9.59 Å². The third-order valence-corrected chi connectivity index (χ3v) is 5.39. The van der Waals surface area contributed by atoms with Gasteiger partial charge in [-0.2, -0.15) is 0 Å². The molecule has 138 valence electrons. The van der Waals surface area contributed by atoms with Crippen LogP contribution in [0, 0.1) is 16.7 Å². The molecule has 1 aliphatic heterocycles. The van der Waals surface area contributed by atoms with Crippen molar-refractivity contribution < 1.29 is 19.1 Å². The van der Waals surface area contributed by atoms with Crippen LogP contribution in [0.1, 0.15) is 47.0 Å². The Morgan fingerprint density at radius 1 is 1.24 bits per heavy atom. The van der Waals surface area contributed by atoms with Gasteiger partial charge in [0.15, 0.2) is 0 Å². The number of nitrogens with zero attached hydrogens (tertiary/aromatic N) is 1. The lowest BCUT2D eigenvalue weighted by molar-refractivity contribution is -0.161. The van der Waals surface area contributed by atoms with Gasteiger partial charge in [-0.05, 0) is 29.7 Å². The highest BCUT2D eigenvalue weighted by Crippen LogP contribution is 2.49. The summed E-state index contributed by atoms with van der Waals surface area (Å²) in [6, 6.07) is 0. The Balaban J connectivity index is 1.62. The zero-order valence-electron chi connectivity index (χ0n) is 15.9. The molecule has 25 heavy (non-hydrogen) atoms. The van der Waals surface area contributed by atoms with Crippen molar-refractivity contribution in [2.45, 2.75) is 53.1 Å². The van der Waals surface area contributed by atoms with Gasteiger partial charge in [-0.3, -0.25) is 9.59 Å². The summed E-state index contributed by atoms with van der Waals surface area (Å²) in [6.07, 6.45) is 6.53. The molecule has 1 saturated carbocycles. The van der Waals surface area contributed by atoms with Gasteiger partial charge in [-0.15, -0.1) is 0 Å². The third-order valence-electron chi connectivity index (χ3n) is 5.39. The fourth-order valence-electron chi connectivity index (χ4n) is 3.61. The van der Waals surface area contributed by atoms with Gasteiger partial charge >= 0.3 is 5.97 Å². The Morgan fingerprint density at radius 3 is 2.40 bits per heavy atom. The zero-order valence-corrected chi connectivity index (χ0v) is 15.9. The third kappa shape index (κ3) is 3.33. The van der Waals surface area contributed by atoms with Crippen molar-refractivity contribution in [2.24, 2.45) is 16.7 Å². The lowest BCUT2D eigenvalue weighted by Gasteiger charge is -2.42. The summed E-state index contributed by atoms with van der Waals surface area (Å²) in [5.41, 5.74) is 0.370. The van der Waals surface area contributed by atoms with E-state index in [-0.39, 0.29) is 17.4 Å². The van der Waals surface area contributed by atoms with E-state index in [1.807, 2.05) is 0 Å². The smallest absolute Gasteiger partial charge is 0.321 e. The van der Waals surface area contributed by atoms with E-state index in [4.69, 9.17) is 9.47 Å². The largest absolute Gasteiger partial charge is 0.491 e. The first kappa shape index (κ1) is 18.0. The maximum atomic E-state index is 12.6. The Bertz CT molecular complexity index is 631. The van der Waals surface area contributed by atoms with Crippen molar-refractivity contribution in [1.82, 2.24) is 4.90 Å². The highest BCUT2D eigenvalue weighted by Gasteiger charge is 2.60. The van der Waals surface area contributed by atoms with Gasteiger partial charge in [-0.25, -0.2) is 0 Å². The van der Waals surface area contributed by atoms with Crippen molar-refractivity contribution >= 4 is 11.9 Å². The van der Waals surface area contributed by atoms with Crippen LogP contribution in [-0.2, 0) is 19.1 Å². The lowest BCUT2D eigenvalue weighted by Crippen LogP contribution is -2.57. The molecule has 2 fully saturated rings. The van der Waals surface area contributed by atoms with Crippen LogP contribution in [0.15, 0.2) is 23.5 Å². The standard InChI is InChI=1S/C20H29NO4/c1-13-6-7-15(19(2,3)4)16(10-13)25-14-11-21(12-14)17(22)20(8-9-20)18(23)24-5/h6-7,13-14H,8-12H2,1-5H3. The maximum Gasteiger partial charge on any atom is 0.321 e. The first-order chi connectivity index (χ1) is 11.7. The van der Waals surface area contributed by atoms with Gasteiger partial charge in [0.05, 0.1) is 20.2 Å². The minimum atomic E-state index is -0.905. The molecule has 1 amide bonds. The van der Waals surface area contributed by atoms with Crippen LogP contribution in [0.2, 0.25) is 0 Å². The van der Waals surface area contributed by atoms with Gasteiger partial charge in [0.25, 0.3) is 0 Å². The number of hydrogen-bond acceptors (Lipinski definition) is 4. The van der Waals surface area contributed by atoms with Crippen LogP contribution in [-0.4, -0.2) is 43.1 Å². The molecule has 5 nitrogen and oxygen atoms in total. The van der Waals surface area contributed by atoms with E-state index in [1.165, 1.54) is 12.7 Å². The molecule has 0 bridgehead atoms. The number of allylic oxidation sites excluding steroid dienone is 4. The first-order valence-corrected chi connectivity index (χ1v) is 9.13. The average molecular weight is 347 g/mol. The highest BCUT2D eigenvalue weighted by atomic mass is 16.5. The summed E-state index contributed by atoms with van der Waals surface area (Å²) in [5.74, 6) is 1.02. The number of rotatable bonds is 4. The van der Waals surface area contributed by atoms with E-state index in [1.54, 1.807) is 4.90 Å². The molecular formula is C20H29NO4. The van der Waals surface area contributed by atoms with Crippen LogP contribution in [0.3, 0.4) is 0 Å². The van der Waals surface area contributed by atoms with Crippen LogP contribution in [0.5, 0.6) is 0 Å². The van der Waals surface area contributed by atoms with Crippen LogP contribution in [0.25, 0.3) is 0 Å². The molecule has 1 saturated heterocycles. The van der Waals surface area contributed by atoms with Crippen LogP contribution < -0.4 is 0 Å². The summed E-state index contributed by atoms with van der Waals surface area (Å²) >= 11 is 0. The molecule has 1 atom stereocenters. The molecule has 5 heteroatoms. The summed E-state index contributed by atoms with van der Waals surface area (Å²) in [7, 11) is 1.34. The Morgan fingerprint density at radius 2 is 1.88 bits per heavy atom. The van der Waals surface area contributed by atoms with E-state index in [0.29, 0.717) is 31.8 Å². The van der Waals surface area contributed by atoms with Crippen molar-refractivity contribution in [3.8, 4) is 0 Å². The molecule has 3 rings (SSSR count). The van der Waals surface area contributed by atoms with Gasteiger partial charge in [0, 0.05) is 6.42 Å². The second kappa shape index (κ2) is 6.19. The fourth-order valence-corrected chi connectivity index (χ4v) is 3.61. The highest BCUT2D eigenvalue weighted by molar-refractivity contribution is 6.05. The first-order valence-electron chi connectivity index (χ1n) is 9.13. The number of amides is 1. The summed E-state index contributed by atoms with van der Waals surface area (Å²) < 4.78 is 11.1. The van der Waals surface area contributed by atoms with Crippen molar-refractivity contribution in [3.05, 3.63) is 23.5 Å². The zero-order chi connectivity index (χ0) is 18.4. The van der Waals surface area contributed by atoms with E-state index >= 15 is 0 Å². The minimum Gasteiger partial charge on any atom is -0.491 e. The number of methoxy groups -OCH3 is 1. The minimum absolute atomic E-state index is 0.0171. The number of likely N-dealkylation sites (tertiary alicyclic amines) is 1. The predicted molar refractivity (Wildman–Crippen MR) is 94.5 cm³/mol. The van der Waals surface area contributed by atoms with Crippen molar-refractivity contribution in [2.75, 3.05) is 20.2 Å². The summed E-state index contributed by atoms with van der Waals surface area (Å²) in [6.45, 7) is 9.86. The fraction of sp³-hybridized carbons (Fsp3) is 0.700. The molecule has 2 aliphatic carbocycles. The Hall–Kier alpha value is -1.78. The van der Waals surface area contributed by atoms with Crippen molar-refractivity contribution in [3.63, 3.8) is 0 Å². The maximum absolute atomic E-state index is 12.6.